The van der Waals surface area contributed by atoms with Gasteiger partial charge < -0.3 is 19.6 Å². The van der Waals surface area contributed by atoms with Crippen molar-refractivity contribution in [3.8, 4) is 17.2 Å². The summed E-state index contributed by atoms with van der Waals surface area (Å²) in [6.07, 6.45) is 1.51. The first kappa shape index (κ1) is 10.7. The lowest BCUT2D eigenvalue weighted by atomic mass is 10.2. The number of hydrogen-bond donors (Lipinski definition) is 1. The normalized spacial score (nSPS) is 11.0. The second kappa shape index (κ2) is 3.80. The minimum absolute atomic E-state index is 0.535. The van der Waals surface area contributed by atoms with Crippen LogP contribution in [0.25, 0.3) is 22.4 Å². The fourth-order valence-electron chi connectivity index (χ4n) is 2.11. The van der Waals surface area contributed by atoms with Crippen LogP contribution in [0.5, 0.6) is 5.75 Å². The third-order valence-corrected chi connectivity index (χ3v) is 3.08. The molecule has 2 N–H and O–H groups in total. The van der Waals surface area contributed by atoms with Crippen LogP contribution in [0.2, 0.25) is 0 Å². The number of fused-ring (bicyclic) bond motifs is 1. The van der Waals surface area contributed by atoms with Gasteiger partial charge in [0.25, 0.3) is 0 Å². The van der Waals surface area contributed by atoms with Crippen molar-refractivity contribution in [2.24, 2.45) is 7.05 Å². The predicted molar refractivity (Wildman–Crippen MR) is 69.4 cm³/mol. The maximum Gasteiger partial charge on any atom is 0.206 e. The topological polar surface area (TPSA) is 66.2 Å². The van der Waals surface area contributed by atoms with E-state index in [2.05, 4.69) is 5.16 Å². The number of hydrogen-bond acceptors (Lipinski definition) is 4. The second-order valence-corrected chi connectivity index (χ2v) is 4.12. The van der Waals surface area contributed by atoms with Gasteiger partial charge in [-0.05, 0) is 24.3 Å². The van der Waals surface area contributed by atoms with Crippen molar-refractivity contribution in [1.82, 2.24) is 9.72 Å². The maximum atomic E-state index is 5.83. The lowest BCUT2D eigenvalue weighted by Gasteiger charge is -2.02. The van der Waals surface area contributed by atoms with Gasteiger partial charge in [0.1, 0.15) is 11.4 Å². The molecule has 0 fully saturated rings. The lowest BCUT2D eigenvalue weighted by Crippen LogP contribution is -1.92. The van der Waals surface area contributed by atoms with E-state index in [-0.39, 0.29) is 0 Å². The monoisotopic (exact) mass is 243 g/mol. The van der Waals surface area contributed by atoms with Gasteiger partial charge in [0.2, 0.25) is 5.76 Å². The largest absolute Gasteiger partial charge is 0.497 e. The smallest absolute Gasteiger partial charge is 0.206 e. The van der Waals surface area contributed by atoms with Crippen LogP contribution in [-0.2, 0) is 7.05 Å². The van der Waals surface area contributed by atoms with E-state index in [0.717, 1.165) is 22.3 Å². The molecule has 0 amide bonds. The molecule has 0 bridgehead atoms. The van der Waals surface area contributed by atoms with Gasteiger partial charge in [0, 0.05) is 18.0 Å². The van der Waals surface area contributed by atoms with Crippen LogP contribution in [-0.4, -0.2) is 16.8 Å². The van der Waals surface area contributed by atoms with Crippen LogP contribution >= 0.6 is 0 Å². The summed E-state index contributed by atoms with van der Waals surface area (Å²) in [6, 6.07) is 7.92. The van der Waals surface area contributed by atoms with Gasteiger partial charge >= 0.3 is 0 Å². The highest BCUT2D eigenvalue weighted by Crippen LogP contribution is 2.32. The first-order chi connectivity index (χ1) is 8.70. The molecule has 1 aromatic carbocycles. The quantitative estimate of drug-likeness (QED) is 0.750. The summed E-state index contributed by atoms with van der Waals surface area (Å²) in [4.78, 5) is 0. The third kappa shape index (κ3) is 1.44. The number of rotatable bonds is 2. The summed E-state index contributed by atoms with van der Waals surface area (Å²) < 4.78 is 12.4. The van der Waals surface area contributed by atoms with Gasteiger partial charge in [0.15, 0.2) is 0 Å². The molecule has 0 saturated heterocycles. The molecule has 5 heteroatoms. The average Bonchev–Trinajstić information content (AvgIpc) is 2.93. The van der Waals surface area contributed by atoms with Gasteiger partial charge in [-0.15, -0.1) is 0 Å². The minimum atomic E-state index is 0.535. The van der Waals surface area contributed by atoms with Crippen LogP contribution in [0.4, 0.5) is 5.69 Å². The van der Waals surface area contributed by atoms with E-state index >= 15 is 0 Å². The van der Waals surface area contributed by atoms with Crippen LogP contribution in [0.3, 0.4) is 0 Å². The van der Waals surface area contributed by atoms with Crippen molar-refractivity contribution >= 4 is 16.6 Å². The van der Waals surface area contributed by atoms with E-state index in [1.165, 1.54) is 6.20 Å². The molecular formula is C13H13N3O2. The zero-order valence-electron chi connectivity index (χ0n) is 10.2. The molecule has 0 aliphatic rings. The summed E-state index contributed by atoms with van der Waals surface area (Å²) in [6.45, 7) is 0. The lowest BCUT2D eigenvalue weighted by molar-refractivity contribution is 0.415. The van der Waals surface area contributed by atoms with E-state index in [4.69, 9.17) is 15.0 Å². The molecule has 2 aromatic heterocycles. The van der Waals surface area contributed by atoms with Crippen LogP contribution in [0, 0.1) is 0 Å². The van der Waals surface area contributed by atoms with Crippen molar-refractivity contribution in [2.75, 3.05) is 12.8 Å². The number of benzene rings is 1. The summed E-state index contributed by atoms with van der Waals surface area (Å²) in [5, 5.41) is 4.78. The Bertz CT molecular complexity index is 712. The number of nitrogens with zero attached hydrogens (tertiary/aromatic N) is 2. The third-order valence-electron chi connectivity index (χ3n) is 3.08. The molecule has 0 unspecified atom stereocenters. The van der Waals surface area contributed by atoms with Crippen molar-refractivity contribution in [3.05, 3.63) is 30.5 Å². The Morgan fingerprint density at radius 3 is 2.83 bits per heavy atom. The highest BCUT2D eigenvalue weighted by Gasteiger charge is 2.14. The number of anilines is 1. The first-order valence-electron chi connectivity index (χ1n) is 5.54. The van der Waals surface area contributed by atoms with Crippen LogP contribution in [0.1, 0.15) is 0 Å². The number of ether oxygens (including phenoxy) is 1. The van der Waals surface area contributed by atoms with Gasteiger partial charge in [-0.3, -0.25) is 0 Å². The zero-order chi connectivity index (χ0) is 12.7. The molecule has 0 atom stereocenters. The van der Waals surface area contributed by atoms with E-state index < -0.39 is 0 Å². The van der Waals surface area contributed by atoms with E-state index in [9.17, 15) is 0 Å². The molecule has 3 rings (SSSR count). The van der Waals surface area contributed by atoms with Crippen molar-refractivity contribution < 1.29 is 9.26 Å². The van der Waals surface area contributed by atoms with Gasteiger partial charge in [-0.2, -0.15) is 0 Å². The highest BCUT2D eigenvalue weighted by molar-refractivity contribution is 5.88. The minimum Gasteiger partial charge on any atom is -0.497 e. The molecule has 0 spiro atoms. The van der Waals surface area contributed by atoms with Crippen molar-refractivity contribution in [3.63, 3.8) is 0 Å². The standard InChI is InChI=1S/C13H13N3O2/c1-16-11-4-3-9(17-2)5-8(11)6-12(16)13-10(14)7-15-18-13/h3-7H,14H2,1-2H3. The van der Waals surface area contributed by atoms with Gasteiger partial charge in [-0.25, -0.2) is 0 Å². The molecule has 92 valence electrons. The zero-order valence-corrected chi connectivity index (χ0v) is 10.2. The predicted octanol–water partition coefficient (Wildman–Crippen LogP) is 2.42. The molecule has 0 radical (unpaired) electrons. The van der Waals surface area contributed by atoms with Crippen LogP contribution < -0.4 is 10.5 Å². The van der Waals surface area contributed by atoms with Crippen molar-refractivity contribution in [2.45, 2.75) is 0 Å². The Morgan fingerprint density at radius 2 is 2.17 bits per heavy atom. The number of nitrogens with two attached hydrogens (primary N) is 1. The van der Waals surface area contributed by atoms with Crippen molar-refractivity contribution in [1.29, 1.82) is 0 Å². The average molecular weight is 243 g/mol. The Labute approximate surface area is 104 Å². The number of methoxy groups -OCH3 is 1. The fraction of sp³-hybridized carbons (Fsp3) is 0.154. The molecule has 0 saturated carbocycles. The molecule has 2 heterocycles. The maximum absolute atomic E-state index is 5.83. The molecule has 0 aliphatic carbocycles. The number of nitrogen functional groups attached to an aromatic ring is 1. The molecule has 18 heavy (non-hydrogen) atoms. The summed E-state index contributed by atoms with van der Waals surface area (Å²) in [7, 11) is 3.62. The Morgan fingerprint density at radius 1 is 1.33 bits per heavy atom. The summed E-state index contributed by atoms with van der Waals surface area (Å²) in [5.74, 6) is 1.41. The van der Waals surface area contributed by atoms with Gasteiger partial charge in [0.05, 0.1) is 19.0 Å². The van der Waals surface area contributed by atoms with E-state index in [1.54, 1.807) is 7.11 Å². The summed E-state index contributed by atoms with van der Waals surface area (Å²) >= 11 is 0. The Kier molecular flexibility index (Phi) is 2.26. The van der Waals surface area contributed by atoms with Gasteiger partial charge in [-0.1, -0.05) is 5.16 Å². The highest BCUT2D eigenvalue weighted by atomic mass is 16.5. The molecule has 0 aliphatic heterocycles. The molecule has 5 nitrogen and oxygen atoms in total. The number of aryl methyl sites for hydroxylation is 1. The molecular weight excluding hydrogens is 230 g/mol. The summed E-state index contributed by atoms with van der Waals surface area (Å²) in [5.41, 5.74) is 8.34. The SMILES string of the molecule is COc1ccc2c(c1)cc(-c1oncc1N)n2C. The van der Waals surface area contributed by atoms with Crippen LogP contribution in [0.15, 0.2) is 35.0 Å². The molecule has 3 aromatic rings. The first-order valence-corrected chi connectivity index (χ1v) is 5.54. The fourth-order valence-corrected chi connectivity index (χ4v) is 2.11. The second-order valence-electron chi connectivity index (χ2n) is 4.12. The Balaban J connectivity index is 2.25. The van der Waals surface area contributed by atoms with E-state index in [1.807, 2.05) is 35.9 Å². The number of aromatic nitrogens is 2. The van der Waals surface area contributed by atoms with E-state index in [0.29, 0.717) is 11.4 Å². The Hall–Kier alpha value is -2.43.